The predicted molar refractivity (Wildman–Crippen MR) is 84.1 cm³/mol. The highest BCUT2D eigenvalue weighted by Crippen LogP contribution is 2.36. The smallest absolute Gasteiger partial charge is 0.223 e. The van der Waals surface area contributed by atoms with E-state index in [9.17, 15) is 4.79 Å². The molecule has 0 fully saturated rings. The number of amides is 1. The molecule has 1 N–H and O–H groups in total. The monoisotopic (exact) mass is 269 g/mol. The Morgan fingerprint density at radius 3 is 1.79 bits per heavy atom. The van der Waals surface area contributed by atoms with Crippen LogP contribution in [0.3, 0.4) is 0 Å². The Morgan fingerprint density at radius 2 is 1.47 bits per heavy atom. The fourth-order valence-electron chi connectivity index (χ4n) is 2.51. The predicted octanol–water partition coefficient (Wildman–Crippen LogP) is 4.64. The molecule has 0 aromatic heterocycles. The maximum atomic E-state index is 12.5. The van der Waals surface area contributed by atoms with E-state index in [0.29, 0.717) is 5.92 Å². The van der Waals surface area contributed by atoms with E-state index in [1.54, 1.807) is 0 Å². The van der Waals surface area contributed by atoms with Gasteiger partial charge >= 0.3 is 0 Å². The van der Waals surface area contributed by atoms with Crippen molar-refractivity contribution in [3.8, 4) is 0 Å². The topological polar surface area (TPSA) is 29.1 Å². The molecule has 0 aliphatic carbocycles. The van der Waals surface area contributed by atoms with Crippen molar-refractivity contribution in [1.29, 1.82) is 0 Å². The van der Waals surface area contributed by atoms with Crippen LogP contribution in [0, 0.1) is 22.7 Å². The summed E-state index contributed by atoms with van der Waals surface area (Å²) in [7, 11) is 0. The van der Waals surface area contributed by atoms with E-state index >= 15 is 0 Å². The van der Waals surface area contributed by atoms with Crippen LogP contribution < -0.4 is 5.32 Å². The summed E-state index contributed by atoms with van der Waals surface area (Å²) in [6.45, 7) is 19.6. The maximum absolute atomic E-state index is 12.5. The van der Waals surface area contributed by atoms with Crippen LogP contribution in [0.1, 0.15) is 75.2 Å². The highest BCUT2D eigenvalue weighted by Gasteiger charge is 2.34. The first-order valence-electron chi connectivity index (χ1n) is 7.63. The lowest BCUT2D eigenvalue weighted by molar-refractivity contribution is -0.130. The van der Waals surface area contributed by atoms with Crippen LogP contribution in [0.5, 0.6) is 0 Å². The Kier molecular flexibility index (Phi) is 6.57. The van der Waals surface area contributed by atoms with Gasteiger partial charge in [0.25, 0.3) is 0 Å². The number of hydrogen-bond donors (Lipinski definition) is 1. The van der Waals surface area contributed by atoms with Gasteiger partial charge in [0.2, 0.25) is 5.91 Å². The summed E-state index contributed by atoms with van der Waals surface area (Å²) in [5.41, 5.74) is 0.186. The quantitative estimate of drug-likeness (QED) is 0.774. The lowest BCUT2D eigenvalue weighted by Crippen LogP contribution is -2.43. The minimum atomic E-state index is 0.00884. The maximum Gasteiger partial charge on any atom is 0.223 e. The fourth-order valence-corrected chi connectivity index (χ4v) is 2.51. The van der Waals surface area contributed by atoms with Gasteiger partial charge in [-0.25, -0.2) is 0 Å². The van der Waals surface area contributed by atoms with Gasteiger partial charge in [0.1, 0.15) is 0 Å². The fraction of sp³-hybridized carbons (Fsp3) is 0.941. The third kappa shape index (κ3) is 8.28. The average Bonchev–Trinajstić information content (AvgIpc) is 2.08. The van der Waals surface area contributed by atoms with E-state index in [4.69, 9.17) is 0 Å². The van der Waals surface area contributed by atoms with Crippen LogP contribution in [0.2, 0.25) is 0 Å². The standard InChI is InChI=1S/C17H35NO/c1-12(2)10-13(3)18-15(19)14(17(7,8)9)11-16(4,5)6/h12-14H,10-11H2,1-9H3,(H,18,19). The van der Waals surface area contributed by atoms with Gasteiger partial charge in [-0.15, -0.1) is 0 Å². The van der Waals surface area contributed by atoms with Crippen molar-refractivity contribution in [2.24, 2.45) is 22.7 Å². The number of nitrogens with one attached hydrogen (secondary N) is 1. The zero-order valence-electron chi connectivity index (χ0n) is 14.6. The Labute approximate surface area is 120 Å². The molecule has 2 atom stereocenters. The summed E-state index contributed by atoms with van der Waals surface area (Å²) in [4.78, 5) is 12.5. The summed E-state index contributed by atoms with van der Waals surface area (Å²) in [5, 5.41) is 3.20. The van der Waals surface area contributed by atoms with E-state index in [1.165, 1.54) is 0 Å². The van der Waals surface area contributed by atoms with Crippen molar-refractivity contribution < 1.29 is 4.79 Å². The van der Waals surface area contributed by atoms with Crippen LogP contribution in [0.25, 0.3) is 0 Å². The molecule has 114 valence electrons. The Bertz CT molecular complexity index is 281. The summed E-state index contributed by atoms with van der Waals surface area (Å²) in [6.07, 6.45) is 1.97. The first-order chi connectivity index (χ1) is 8.33. The zero-order chi connectivity index (χ0) is 15.4. The van der Waals surface area contributed by atoms with Gasteiger partial charge in [-0.2, -0.15) is 0 Å². The summed E-state index contributed by atoms with van der Waals surface area (Å²) >= 11 is 0. The van der Waals surface area contributed by atoms with Crippen molar-refractivity contribution in [3.63, 3.8) is 0 Å². The molecule has 2 unspecified atom stereocenters. The Morgan fingerprint density at radius 1 is 1.00 bits per heavy atom. The van der Waals surface area contributed by atoms with E-state index in [2.05, 4.69) is 67.6 Å². The molecule has 0 bridgehead atoms. The van der Waals surface area contributed by atoms with Gasteiger partial charge in [0.05, 0.1) is 0 Å². The molecule has 1 amide bonds. The largest absolute Gasteiger partial charge is 0.353 e. The second-order valence-corrected chi connectivity index (χ2v) is 8.72. The average molecular weight is 269 g/mol. The molecule has 0 rings (SSSR count). The number of carbonyl (C=O) groups excluding carboxylic acids is 1. The van der Waals surface area contributed by atoms with Gasteiger partial charge < -0.3 is 5.32 Å². The normalized spacial score (nSPS) is 16.3. The molecule has 0 spiro atoms. The third-order valence-electron chi connectivity index (χ3n) is 3.39. The number of rotatable bonds is 5. The summed E-state index contributed by atoms with van der Waals surface area (Å²) in [6, 6.07) is 0.261. The van der Waals surface area contributed by atoms with Crippen LogP contribution in [0.15, 0.2) is 0 Å². The highest BCUT2D eigenvalue weighted by atomic mass is 16.2. The van der Waals surface area contributed by atoms with Gasteiger partial charge in [-0.1, -0.05) is 55.4 Å². The van der Waals surface area contributed by atoms with Gasteiger partial charge in [0.15, 0.2) is 0 Å². The molecule has 0 saturated heterocycles. The molecule has 0 heterocycles. The Balaban J connectivity index is 4.74. The molecular weight excluding hydrogens is 234 g/mol. The highest BCUT2D eigenvalue weighted by molar-refractivity contribution is 5.79. The van der Waals surface area contributed by atoms with Crippen molar-refractivity contribution in [1.82, 2.24) is 5.32 Å². The number of carbonyl (C=O) groups is 1. The summed E-state index contributed by atoms with van der Waals surface area (Å²) < 4.78 is 0. The lowest BCUT2D eigenvalue weighted by Gasteiger charge is -2.35. The van der Waals surface area contributed by atoms with E-state index in [1.807, 2.05) is 0 Å². The van der Waals surface area contributed by atoms with E-state index in [0.717, 1.165) is 12.8 Å². The molecule has 19 heavy (non-hydrogen) atoms. The molecule has 2 heteroatoms. The SMILES string of the molecule is CC(C)CC(C)NC(=O)C(CC(C)(C)C)C(C)(C)C. The number of hydrogen-bond acceptors (Lipinski definition) is 1. The van der Waals surface area contributed by atoms with Crippen molar-refractivity contribution in [2.45, 2.75) is 81.2 Å². The molecule has 0 aromatic rings. The molecular formula is C17H35NO. The van der Waals surface area contributed by atoms with Gasteiger partial charge in [-0.3, -0.25) is 4.79 Å². The van der Waals surface area contributed by atoms with Crippen molar-refractivity contribution in [3.05, 3.63) is 0 Å². The van der Waals surface area contributed by atoms with E-state index < -0.39 is 0 Å². The van der Waals surface area contributed by atoms with Gasteiger partial charge in [-0.05, 0) is 36.5 Å². The molecule has 0 aromatic carbocycles. The second-order valence-electron chi connectivity index (χ2n) is 8.72. The van der Waals surface area contributed by atoms with Crippen molar-refractivity contribution >= 4 is 5.91 Å². The molecule has 0 aliphatic heterocycles. The molecule has 0 aliphatic rings. The first kappa shape index (κ1) is 18.5. The first-order valence-corrected chi connectivity index (χ1v) is 7.63. The Hall–Kier alpha value is -0.530. The minimum absolute atomic E-state index is 0.00884. The zero-order valence-corrected chi connectivity index (χ0v) is 14.6. The molecule has 0 saturated carbocycles. The van der Waals surface area contributed by atoms with Crippen LogP contribution in [-0.2, 0) is 4.79 Å². The third-order valence-corrected chi connectivity index (χ3v) is 3.39. The van der Waals surface area contributed by atoms with Crippen LogP contribution in [-0.4, -0.2) is 11.9 Å². The molecule has 2 nitrogen and oxygen atoms in total. The lowest BCUT2D eigenvalue weighted by atomic mass is 9.71. The van der Waals surface area contributed by atoms with Crippen LogP contribution in [0.4, 0.5) is 0 Å². The second kappa shape index (κ2) is 6.76. The van der Waals surface area contributed by atoms with Gasteiger partial charge in [0, 0.05) is 12.0 Å². The van der Waals surface area contributed by atoms with Crippen molar-refractivity contribution in [2.75, 3.05) is 0 Å². The molecule has 0 radical (unpaired) electrons. The minimum Gasteiger partial charge on any atom is -0.353 e. The summed E-state index contributed by atoms with van der Waals surface area (Å²) in [5.74, 6) is 0.906. The van der Waals surface area contributed by atoms with Crippen LogP contribution >= 0.6 is 0 Å². The van der Waals surface area contributed by atoms with E-state index in [-0.39, 0.29) is 28.7 Å².